The van der Waals surface area contributed by atoms with Crippen LogP contribution >= 0.6 is 0 Å². The molecule has 2 nitrogen and oxygen atoms in total. The van der Waals surface area contributed by atoms with Crippen LogP contribution in [0.25, 0.3) is 6.08 Å². The predicted octanol–water partition coefficient (Wildman–Crippen LogP) is 4.40. The fourth-order valence-electron chi connectivity index (χ4n) is 2.32. The van der Waals surface area contributed by atoms with Gasteiger partial charge in [0.25, 0.3) is 0 Å². The van der Waals surface area contributed by atoms with E-state index in [-0.39, 0.29) is 11.7 Å². The van der Waals surface area contributed by atoms with Crippen molar-refractivity contribution in [1.29, 1.82) is 0 Å². The first-order valence-corrected chi connectivity index (χ1v) is 6.78. The van der Waals surface area contributed by atoms with Crippen LogP contribution in [-0.4, -0.2) is 5.91 Å². The lowest BCUT2D eigenvalue weighted by Gasteiger charge is -2.11. The molecule has 108 valence electrons. The number of halogens is 1. The number of hydrogen-bond donors (Lipinski definition) is 1. The molecule has 2 rings (SSSR count). The van der Waals surface area contributed by atoms with E-state index in [9.17, 15) is 9.18 Å². The van der Waals surface area contributed by atoms with Crippen LogP contribution in [0.1, 0.15) is 22.3 Å². The van der Waals surface area contributed by atoms with Crippen LogP contribution in [0.2, 0.25) is 0 Å². The maximum Gasteiger partial charge on any atom is 0.248 e. The Hall–Kier alpha value is -2.42. The van der Waals surface area contributed by atoms with E-state index in [4.69, 9.17) is 0 Å². The number of amides is 1. The van der Waals surface area contributed by atoms with Crippen molar-refractivity contribution in [2.24, 2.45) is 0 Å². The molecule has 1 N–H and O–H groups in total. The third-order valence-electron chi connectivity index (χ3n) is 3.20. The number of benzene rings is 2. The van der Waals surface area contributed by atoms with Gasteiger partial charge in [0.15, 0.2) is 0 Å². The monoisotopic (exact) mass is 283 g/mol. The molecule has 2 aromatic carbocycles. The number of anilines is 1. The van der Waals surface area contributed by atoms with Crippen LogP contribution in [0.5, 0.6) is 0 Å². The Balaban J connectivity index is 2.12. The Morgan fingerprint density at radius 1 is 1.10 bits per heavy atom. The Kier molecular flexibility index (Phi) is 4.53. The van der Waals surface area contributed by atoms with Gasteiger partial charge in [-0.1, -0.05) is 29.8 Å². The lowest BCUT2D eigenvalue weighted by molar-refractivity contribution is -0.111. The van der Waals surface area contributed by atoms with Crippen LogP contribution in [0.15, 0.2) is 42.5 Å². The minimum Gasteiger partial charge on any atom is -0.322 e. The van der Waals surface area contributed by atoms with Gasteiger partial charge in [0.2, 0.25) is 5.91 Å². The highest BCUT2D eigenvalue weighted by Crippen LogP contribution is 2.21. The topological polar surface area (TPSA) is 29.1 Å². The Morgan fingerprint density at radius 2 is 1.76 bits per heavy atom. The number of aryl methyl sites for hydroxylation is 3. The molecule has 0 aliphatic rings. The molecule has 1 amide bonds. The zero-order valence-electron chi connectivity index (χ0n) is 12.4. The number of carbonyl (C=O) groups is 1. The SMILES string of the molecule is Cc1cc(C)c(NC(=O)C=Cc2cccc(F)c2)c(C)c1. The molecule has 0 aliphatic heterocycles. The summed E-state index contributed by atoms with van der Waals surface area (Å²) in [6.07, 6.45) is 3.00. The maximum absolute atomic E-state index is 13.0. The van der Waals surface area contributed by atoms with E-state index in [0.29, 0.717) is 5.56 Å². The first-order valence-electron chi connectivity index (χ1n) is 6.78. The van der Waals surface area contributed by atoms with E-state index in [2.05, 4.69) is 5.32 Å². The average molecular weight is 283 g/mol. The first kappa shape index (κ1) is 15.0. The van der Waals surface area contributed by atoms with E-state index in [1.54, 1.807) is 18.2 Å². The molecule has 0 saturated heterocycles. The molecule has 21 heavy (non-hydrogen) atoms. The second-order valence-electron chi connectivity index (χ2n) is 5.15. The van der Waals surface area contributed by atoms with Gasteiger partial charge in [-0.05, 0) is 55.7 Å². The van der Waals surface area contributed by atoms with Gasteiger partial charge in [-0.25, -0.2) is 4.39 Å². The summed E-state index contributed by atoms with van der Waals surface area (Å²) in [7, 11) is 0. The lowest BCUT2D eigenvalue weighted by Crippen LogP contribution is -2.10. The molecular formula is C18H18FNO. The van der Waals surface area contributed by atoms with Crippen molar-refractivity contribution in [3.8, 4) is 0 Å². The normalized spacial score (nSPS) is 10.9. The zero-order valence-corrected chi connectivity index (χ0v) is 12.4. The van der Waals surface area contributed by atoms with Gasteiger partial charge in [-0.2, -0.15) is 0 Å². The zero-order chi connectivity index (χ0) is 15.4. The minimum atomic E-state index is -0.317. The molecule has 0 fully saturated rings. The van der Waals surface area contributed by atoms with Gasteiger partial charge in [-0.15, -0.1) is 0 Å². The highest BCUT2D eigenvalue weighted by Gasteiger charge is 2.06. The van der Waals surface area contributed by atoms with Crippen LogP contribution in [0.4, 0.5) is 10.1 Å². The largest absolute Gasteiger partial charge is 0.322 e. The quantitative estimate of drug-likeness (QED) is 0.831. The summed E-state index contributed by atoms with van der Waals surface area (Å²) in [5.41, 5.74) is 4.70. The van der Waals surface area contributed by atoms with Crippen molar-refractivity contribution in [1.82, 2.24) is 0 Å². The van der Waals surface area contributed by atoms with E-state index >= 15 is 0 Å². The molecule has 0 spiro atoms. The summed E-state index contributed by atoms with van der Waals surface area (Å²) in [4.78, 5) is 12.0. The van der Waals surface area contributed by atoms with Crippen molar-refractivity contribution < 1.29 is 9.18 Å². The van der Waals surface area contributed by atoms with Gasteiger partial charge < -0.3 is 5.32 Å². The first-order chi connectivity index (χ1) is 9.95. The second kappa shape index (κ2) is 6.35. The molecule has 3 heteroatoms. The highest BCUT2D eigenvalue weighted by atomic mass is 19.1. The number of hydrogen-bond acceptors (Lipinski definition) is 1. The fourth-order valence-corrected chi connectivity index (χ4v) is 2.32. The molecule has 0 saturated carbocycles. The van der Waals surface area contributed by atoms with Crippen LogP contribution < -0.4 is 5.32 Å². The number of nitrogens with one attached hydrogen (secondary N) is 1. The standard InChI is InChI=1S/C18H18FNO/c1-12-9-13(2)18(14(3)10-12)20-17(21)8-7-15-5-4-6-16(19)11-15/h4-11H,1-3H3,(H,20,21). The summed E-state index contributed by atoms with van der Waals surface area (Å²) >= 11 is 0. The number of rotatable bonds is 3. The highest BCUT2D eigenvalue weighted by molar-refractivity contribution is 6.02. The van der Waals surface area contributed by atoms with Crippen molar-refractivity contribution in [2.75, 3.05) is 5.32 Å². The maximum atomic E-state index is 13.0. The van der Waals surface area contributed by atoms with Crippen LogP contribution in [0, 0.1) is 26.6 Å². The molecule has 0 unspecified atom stereocenters. The van der Waals surface area contributed by atoms with Gasteiger partial charge in [0.05, 0.1) is 0 Å². The van der Waals surface area contributed by atoms with Crippen molar-refractivity contribution in [2.45, 2.75) is 20.8 Å². The predicted molar refractivity (Wildman–Crippen MR) is 84.7 cm³/mol. The minimum absolute atomic E-state index is 0.227. The lowest BCUT2D eigenvalue weighted by atomic mass is 10.1. The smallest absolute Gasteiger partial charge is 0.248 e. The average Bonchev–Trinajstić information content (AvgIpc) is 2.40. The summed E-state index contributed by atoms with van der Waals surface area (Å²) in [6, 6.07) is 10.2. The fraction of sp³-hybridized carbons (Fsp3) is 0.167. The summed E-state index contributed by atoms with van der Waals surface area (Å²) in [6.45, 7) is 5.95. The van der Waals surface area contributed by atoms with E-state index in [0.717, 1.165) is 16.8 Å². The summed E-state index contributed by atoms with van der Waals surface area (Å²) in [5, 5.41) is 2.87. The van der Waals surface area contributed by atoms with Crippen molar-refractivity contribution in [3.05, 3.63) is 70.5 Å². The molecule has 2 aromatic rings. The van der Waals surface area contributed by atoms with Gasteiger partial charge >= 0.3 is 0 Å². The van der Waals surface area contributed by atoms with Crippen LogP contribution in [-0.2, 0) is 4.79 Å². The summed E-state index contributed by atoms with van der Waals surface area (Å²) < 4.78 is 13.0. The van der Waals surface area contributed by atoms with Gasteiger partial charge in [0, 0.05) is 11.8 Å². The number of carbonyl (C=O) groups excluding carboxylic acids is 1. The molecule has 0 bridgehead atoms. The Bertz CT molecular complexity index is 681. The van der Waals surface area contributed by atoms with Gasteiger partial charge in [0.1, 0.15) is 5.82 Å². The molecule has 0 aliphatic carbocycles. The molecular weight excluding hydrogens is 265 g/mol. The van der Waals surface area contributed by atoms with E-state index < -0.39 is 0 Å². The van der Waals surface area contributed by atoms with Crippen molar-refractivity contribution in [3.63, 3.8) is 0 Å². The third-order valence-corrected chi connectivity index (χ3v) is 3.20. The molecule has 0 aromatic heterocycles. The van der Waals surface area contributed by atoms with Crippen LogP contribution in [0.3, 0.4) is 0 Å². The molecule has 0 radical (unpaired) electrons. The molecule has 0 heterocycles. The molecule has 0 atom stereocenters. The Labute approximate surface area is 124 Å². The second-order valence-corrected chi connectivity index (χ2v) is 5.15. The van der Waals surface area contributed by atoms with E-state index in [1.165, 1.54) is 23.8 Å². The summed E-state index contributed by atoms with van der Waals surface area (Å²) in [5.74, 6) is -0.544. The van der Waals surface area contributed by atoms with Gasteiger partial charge in [-0.3, -0.25) is 4.79 Å². The van der Waals surface area contributed by atoms with E-state index in [1.807, 2.05) is 32.9 Å². The third kappa shape index (κ3) is 4.02. The Morgan fingerprint density at radius 3 is 2.38 bits per heavy atom. The van der Waals surface area contributed by atoms with Crippen molar-refractivity contribution >= 4 is 17.7 Å².